The molecule has 3 rings (SSSR count). The second-order valence-corrected chi connectivity index (χ2v) is 6.45. The number of hydrazone groups is 1. The van der Waals surface area contributed by atoms with Crippen LogP contribution in [0.15, 0.2) is 59.0 Å². The molecule has 3 aromatic rings. The summed E-state index contributed by atoms with van der Waals surface area (Å²) in [6, 6.07) is 14.0. The SMILES string of the molecule is O=C(Cc1nc(-c2ccccc2)cs1)N/N=C\c1c(F)cccc1Cl. The monoisotopic (exact) mass is 373 g/mol. The van der Waals surface area contributed by atoms with Crippen LogP contribution in [0, 0.1) is 5.82 Å². The van der Waals surface area contributed by atoms with Crippen LogP contribution in [0.3, 0.4) is 0 Å². The van der Waals surface area contributed by atoms with E-state index < -0.39 is 5.82 Å². The number of carbonyl (C=O) groups is 1. The van der Waals surface area contributed by atoms with Gasteiger partial charge in [-0.3, -0.25) is 4.79 Å². The first-order valence-corrected chi connectivity index (χ1v) is 8.65. The largest absolute Gasteiger partial charge is 0.273 e. The van der Waals surface area contributed by atoms with Gasteiger partial charge in [0, 0.05) is 16.5 Å². The van der Waals surface area contributed by atoms with Gasteiger partial charge < -0.3 is 0 Å². The minimum absolute atomic E-state index is 0.0971. The van der Waals surface area contributed by atoms with Crippen molar-refractivity contribution in [2.24, 2.45) is 5.10 Å². The minimum atomic E-state index is -0.502. The molecule has 0 saturated carbocycles. The molecule has 7 heteroatoms. The highest BCUT2D eigenvalue weighted by atomic mass is 35.5. The van der Waals surface area contributed by atoms with Gasteiger partial charge in [-0.2, -0.15) is 5.10 Å². The Morgan fingerprint density at radius 2 is 2.04 bits per heavy atom. The molecule has 0 fully saturated rings. The lowest BCUT2D eigenvalue weighted by Crippen LogP contribution is -2.19. The predicted molar refractivity (Wildman–Crippen MR) is 98.4 cm³/mol. The normalized spacial score (nSPS) is 11.0. The van der Waals surface area contributed by atoms with Crippen LogP contribution < -0.4 is 5.43 Å². The topological polar surface area (TPSA) is 54.4 Å². The summed E-state index contributed by atoms with van der Waals surface area (Å²) in [7, 11) is 0. The van der Waals surface area contributed by atoms with Crippen molar-refractivity contribution in [1.82, 2.24) is 10.4 Å². The van der Waals surface area contributed by atoms with E-state index in [2.05, 4.69) is 15.5 Å². The second-order valence-electron chi connectivity index (χ2n) is 5.10. The summed E-state index contributed by atoms with van der Waals surface area (Å²) in [4.78, 5) is 16.4. The summed E-state index contributed by atoms with van der Waals surface area (Å²) < 4.78 is 13.6. The lowest BCUT2D eigenvalue weighted by molar-refractivity contribution is -0.120. The van der Waals surface area contributed by atoms with E-state index in [1.54, 1.807) is 6.07 Å². The third kappa shape index (κ3) is 4.49. The van der Waals surface area contributed by atoms with Crippen LogP contribution in [0.2, 0.25) is 5.02 Å². The summed E-state index contributed by atoms with van der Waals surface area (Å²) in [6.07, 6.45) is 1.28. The maximum Gasteiger partial charge on any atom is 0.246 e. The maximum atomic E-state index is 13.6. The molecule has 0 bridgehead atoms. The smallest absolute Gasteiger partial charge is 0.246 e. The van der Waals surface area contributed by atoms with Crippen LogP contribution >= 0.6 is 22.9 Å². The second kappa shape index (κ2) is 8.00. The summed E-state index contributed by atoms with van der Waals surface area (Å²) in [5.74, 6) is -0.837. The van der Waals surface area contributed by atoms with Gasteiger partial charge in [0.1, 0.15) is 10.8 Å². The van der Waals surface area contributed by atoms with Gasteiger partial charge in [0.2, 0.25) is 5.91 Å². The number of carbonyl (C=O) groups excluding carboxylic acids is 1. The van der Waals surface area contributed by atoms with Gasteiger partial charge in [-0.15, -0.1) is 11.3 Å². The molecule has 1 heterocycles. The average molecular weight is 374 g/mol. The fraction of sp³-hybridized carbons (Fsp3) is 0.0556. The highest BCUT2D eigenvalue weighted by Crippen LogP contribution is 2.21. The van der Waals surface area contributed by atoms with Gasteiger partial charge in [0.25, 0.3) is 0 Å². The van der Waals surface area contributed by atoms with Gasteiger partial charge in [-0.05, 0) is 12.1 Å². The van der Waals surface area contributed by atoms with E-state index in [9.17, 15) is 9.18 Å². The van der Waals surface area contributed by atoms with Crippen LogP contribution in [0.25, 0.3) is 11.3 Å². The zero-order chi connectivity index (χ0) is 17.6. The van der Waals surface area contributed by atoms with E-state index >= 15 is 0 Å². The fourth-order valence-corrected chi connectivity index (χ4v) is 3.13. The Labute approximate surface area is 153 Å². The molecule has 1 amide bonds. The molecule has 0 saturated heterocycles. The van der Waals surface area contributed by atoms with Crippen molar-refractivity contribution in [2.75, 3.05) is 0 Å². The molecule has 0 aliphatic heterocycles. The van der Waals surface area contributed by atoms with Crippen LogP contribution in [0.4, 0.5) is 4.39 Å². The lowest BCUT2D eigenvalue weighted by Gasteiger charge is -2.00. The van der Waals surface area contributed by atoms with E-state index in [4.69, 9.17) is 11.6 Å². The van der Waals surface area contributed by atoms with Crippen LogP contribution in [0.1, 0.15) is 10.6 Å². The first-order valence-electron chi connectivity index (χ1n) is 7.39. The van der Waals surface area contributed by atoms with Crippen molar-refractivity contribution in [3.8, 4) is 11.3 Å². The lowest BCUT2D eigenvalue weighted by atomic mass is 10.2. The zero-order valence-electron chi connectivity index (χ0n) is 12.9. The summed E-state index contributed by atoms with van der Waals surface area (Å²) >= 11 is 7.29. The summed E-state index contributed by atoms with van der Waals surface area (Å²) in [5, 5.41) is 6.56. The number of hydrogen-bond acceptors (Lipinski definition) is 4. The maximum absolute atomic E-state index is 13.6. The Bertz CT molecular complexity index is 891. The molecule has 0 aliphatic rings. The molecule has 4 nitrogen and oxygen atoms in total. The van der Waals surface area contributed by atoms with Gasteiger partial charge >= 0.3 is 0 Å². The number of nitrogens with one attached hydrogen (secondary N) is 1. The van der Waals surface area contributed by atoms with Crippen LogP contribution in [0.5, 0.6) is 0 Å². The molecular weight excluding hydrogens is 361 g/mol. The number of nitrogens with zero attached hydrogens (tertiary/aromatic N) is 2. The Morgan fingerprint density at radius 3 is 2.80 bits per heavy atom. The predicted octanol–water partition coefficient (Wildman–Crippen LogP) is 4.30. The van der Waals surface area contributed by atoms with Crippen molar-refractivity contribution in [3.05, 3.63) is 75.3 Å². The Balaban J connectivity index is 1.60. The fourth-order valence-electron chi connectivity index (χ4n) is 2.11. The van der Waals surface area contributed by atoms with Gasteiger partial charge in [-0.1, -0.05) is 48.0 Å². The number of halogens is 2. The quantitative estimate of drug-likeness (QED) is 0.535. The molecule has 126 valence electrons. The standard InChI is InChI=1S/C18H13ClFN3OS/c19-14-7-4-8-15(20)13(14)10-21-23-17(24)9-18-22-16(11-25-18)12-5-2-1-3-6-12/h1-8,10-11H,9H2,(H,23,24)/b21-10-. The molecule has 1 N–H and O–H groups in total. The number of amides is 1. The average Bonchev–Trinajstić information content (AvgIpc) is 3.07. The Hall–Kier alpha value is -2.57. The molecule has 2 aromatic carbocycles. The van der Waals surface area contributed by atoms with E-state index in [0.29, 0.717) is 5.01 Å². The minimum Gasteiger partial charge on any atom is -0.273 e. The van der Waals surface area contributed by atoms with Crippen molar-refractivity contribution in [1.29, 1.82) is 0 Å². The summed E-state index contributed by atoms with van der Waals surface area (Å²) in [6.45, 7) is 0. The molecule has 25 heavy (non-hydrogen) atoms. The van der Waals surface area contributed by atoms with E-state index in [0.717, 1.165) is 11.3 Å². The van der Waals surface area contributed by atoms with Gasteiger partial charge in [-0.25, -0.2) is 14.8 Å². The number of rotatable bonds is 5. The molecule has 1 aromatic heterocycles. The zero-order valence-corrected chi connectivity index (χ0v) is 14.5. The van der Waals surface area contributed by atoms with E-state index in [1.807, 2.05) is 35.7 Å². The first-order chi connectivity index (χ1) is 12.1. The van der Waals surface area contributed by atoms with Gasteiger partial charge in [0.05, 0.1) is 23.4 Å². The third-order valence-corrected chi connectivity index (χ3v) is 4.49. The van der Waals surface area contributed by atoms with Crippen molar-refractivity contribution < 1.29 is 9.18 Å². The van der Waals surface area contributed by atoms with Crippen molar-refractivity contribution in [2.45, 2.75) is 6.42 Å². The van der Waals surface area contributed by atoms with Crippen molar-refractivity contribution in [3.63, 3.8) is 0 Å². The molecule has 0 spiro atoms. The third-order valence-electron chi connectivity index (χ3n) is 3.32. The first kappa shape index (κ1) is 17.3. The number of thiazole rings is 1. The molecular formula is C18H13ClFN3OS. The molecule has 0 aliphatic carbocycles. The Kier molecular flexibility index (Phi) is 5.53. The molecule has 0 radical (unpaired) electrons. The number of aromatic nitrogens is 1. The number of benzene rings is 2. The Morgan fingerprint density at radius 1 is 1.24 bits per heavy atom. The highest BCUT2D eigenvalue weighted by Gasteiger charge is 2.09. The van der Waals surface area contributed by atoms with Crippen LogP contribution in [-0.2, 0) is 11.2 Å². The van der Waals surface area contributed by atoms with Crippen LogP contribution in [-0.4, -0.2) is 17.1 Å². The molecule has 0 unspecified atom stereocenters. The highest BCUT2D eigenvalue weighted by molar-refractivity contribution is 7.10. The van der Waals surface area contributed by atoms with E-state index in [-0.39, 0.29) is 22.9 Å². The van der Waals surface area contributed by atoms with Gasteiger partial charge in [0.15, 0.2) is 0 Å². The van der Waals surface area contributed by atoms with E-state index in [1.165, 1.54) is 29.7 Å². The molecule has 0 atom stereocenters. The number of hydrogen-bond donors (Lipinski definition) is 1. The summed E-state index contributed by atoms with van der Waals surface area (Å²) in [5.41, 5.74) is 4.31. The van der Waals surface area contributed by atoms with Crippen molar-refractivity contribution >= 4 is 35.1 Å².